The van der Waals surface area contributed by atoms with Crippen LogP contribution in [0.25, 0.3) is 5.69 Å². The van der Waals surface area contributed by atoms with Crippen LogP contribution in [0.3, 0.4) is 0 Å². The summed E-state index contributed by atoms with van der Waals surface area (Å²) in [5.74, 6) is -0.944. The molecule has 2 aromatic rings. The summed E-state index contributed by atoms with van der Waals surface area (Å²) in [6.45, 7) is 4.39. The lowest BCUT2D eigenvalue weighted by Gasteiger charge is -2.13. The molecule has 0 radical (unpaired) electrons. The first-order valence-electron chi connectivity index (χ1n) is 8.30. The molecule has 2 N–H and O–H groups in total. The predicted molar refractivity (Wildman–Crippen MR) is 97.7 cm³/mol. The summed E-state index contributed by atoms with van der Waals surface area (Å²) in [4.78, 5) is 36.1. The van der Waals surface area contributed by atoms with E-state index in [1.807, 2.05) is 0 Å². The summed E-state index contributed by atoms with van der Waals surface area (Å²) in [5, 5.41) is 0. The fourth-order valence-electron chi connectivity index (χ4n) is 2.78. The van der Waals surface area contributed by atoms with Gasteiger partial charge < -0.3 is 19.9 Å². The van der Waals surface area contributed by atoms with Crippen LogP contribution >= 0.6 is 0 Å². The van der Waals surface area contributed by atoms with E-state index in [9.17, 15) is 14.4 Å². The summed E-state index contributed by atoms with van der Waals surface area (Å²) >= 11 is 0. The lowest BCUT2D eigenvalue weighted by atomic mass is 10.2. The van der Waals surface area contributed by atoms with Gasteiger partial charge in [0.2, 0.25) is 0 Å². The molecular weight excluding hydrogens is 352 g/mol. The molecule has 2 rings (SSSR count). The van der Waals surface area contributed by atoms with E-state index in [1.165, 1.54) is 18.6 Å². The van der Waals surface area contributed by atoms with E-state index in [2.05, 4.69) is 0 Å². The first kappa shape index (κ1) is 20.0. The Balaban J connectivity index is 2.76. The second-order valence-corrected chi connectivity index (χ2v) is 5.72. The largest absolute Gasteiger partial charge is 0.497 e. The molecule has 8 nitrogen and oxygen atoms in total. The van der Waals surface area contributed by atoms with Crippen molar-refractivity contribution in [1.29, 1.82) is 0 Å². The van der Waals surface area contributed by atoms with E-state index < -0.39 is 18.5 Å². The van der Waals surface area contributed by atoms with E-state index in [0.717, 1.165) is 0 Å². The molecule has 0 aliphatic heterocycles. The number of nitrogens with zero attached hydrogens (tertiary/aromatic N) is 1. The maximum absolute atomic E-state index is 12.6. The standard InChI is InChI=1S/C19H22N2O6/c1-5-26-19(24)17-18(27-10-15(20)23)11(2)16(12(3)22)21(17)13-6-8-14(25-4)9-7-13/h6-9H,5,10H2,1-4H3,(H2,20,23). The maximum Gasteiger partial charge on any atom is 0.359 e. The molecule has 0 saturated carbocycles. The van der Waals surface area contributed by atoms with Crippen LogP contribution in [0, 0.1) is 6.92 Å². The van der Waals surface area contributed by atoms with Crippen LogP contribution in [0.4, 0.5) is 0 Å². The van der Waals surface area contributed by atoms with Crippen molar-refractivity contribution in [2.24, 2.45) is 5.73 Å². The van der Waals surface area contributed by atoms with Gasteiger partial charge in [0.15, 0.2) is 23.8 Å². The minimum Gasteiger partial charge on any atom is -0.497 e. The molecule has 0 unspecified atom stereocenters. The van der Waals surface area contributed by atoms with Crippen molar-refractivity contribution in [3.8, 4) is 17.2 Å². The molecular formula is C19H22N2O6. The fourth-order valence-corrected chi connectivity index (χ4v) is 2.78. The zero-order valence-electron chi connectivity index (χ0n) is 15.7. The van der Waals surface area contributed by atoms with Gasteiger partial charge in [0.1, 0.15) is 5.75 Å². The number of ketones is 1. The minimum atomic E-state index is -0.703. The zero-order valence-corrected chi connectivity index (χ0v) is 15.7. The highest BCUT2D eigenvalue weighted by atomic mass is 16.5. The second-order valence-electron chi connectivity index (χ2n) is 5.72. The average molecular weight is 374 g/mol. The number of rotatable bonds is 8. The Morgan fingerprint density at radius 3 is 2.22 bits per heavy atom. The first-order chi connectivity index (χ1) is 12.8. The maximum atomic E-state index is 12.6. The SMILES string of the molecule is CCOC(=O)c1c(OCC(N)=O)c(C)c(C(C)=O)n1-c1ccc(OC)cc1. The van der Waals surface area contributed by atoms with Crippen molar-refractivity contribution in [3.63, 3.8) is 0 Å². The highest BCUT2D eigenvalue weighted by molar-refractivity contribution is 6.01. The predicted octanol–water partition coefficient (Wildman–Crippen LogP) is 2.04. The number of hydrogen-bond donors (Lipinski definition) is 1. The van der Waals surface area contributed by atoms with Crippen LogP contribution in [-0.2, 0) is 9.53 Å². The molecule has 0 saturated heterocycles. The Kier molecular flexibility index (Phi) is 6.23. The lowest BCUT2D eigenvalue weighted by Crippen LogP contribution is -2.21. The average Bonchev–Trinajstić information content (AvgIpc) is 2.92. The number of hydrogen-bond acceptors (Lipinski definition) is 6. The highest BCUT2D eigenvalue weighted by Gasteiger charge is 2.30. The van der Waals surface area contributed by atoms with Gasteiger partial charge in [-0.05, 0) is 38.1 Å². The molecule has 0 bridgehead atoms. The Bertz CT molecular complexity index is 867. The van der Waals surface area contributed by atoms with E-state index in [1.54, 1.807) is 38.1 Å². The monoisotopic (exact) mass is 374 g/mol. The number of aromatic nitrogens is 1. The molecule has 8 heteroatoms. The van der Waals surface area contributed by atoms with E-state index in [-0.39, 0.29) is 29.5 Å². The summed E-state index contributed by atoms with van der Waals surface area (Å²) < 4.78 is 17.2. The van der Waals surface area contributed by atoms with E-state index >= 15 is 0 Å². The number of methoxy groups -OCH3 is 1. The van der Waals surface area contributed by atoms with Gasteiger partial charge in [-0.15, -0.1) is 0 Å². The molecule has 1 aromatic carbocycles. The molecule has 0 spiro atoms. The normalized spacial score (nSPS) is 10.4. The number of benzene rings is 1. The summed E-state index contributed by atoms with van der Waals surface area (Å²) in [6.07, 6.45) is 0. The van der Waals surface area contributed by atoms with Gasteiger partial charge >= 0.3 is 5.97 Å². The number of Topliss-reactive ketones (excluding diaryl/α,β-unsaturated/α-hetero) is 1. The lowest BCUT2D eigenvalue weighted by molar-refractivity contribution is -0.119. The number of amides is 1. The minimum absolute atomic E-state index is 0.0194. The van der Waals surface area contributed by atoms with Gasteiger partial charge in [-0.25, -0.2) is 4.79 Å². The number of primary amides is 1. The second kappa shape index (κ2) is 8.39. The molecule has 0 fully saturated rings. The Labute approximate surface area is 156 Å². The Morgan fingerprint density at radius 1 is 1.11 bits per heavy atom. The molecule has 1 amide bonds. The molecule has 144 valence electrons. The smallest absolute Gasteiger partial charge is 0.359 e. The molecule has 1 heterocycles. The van der Waals surface area contributed by atoms with Crippen molar-refractivity contribution >= 4 is 17.7 Å². The van der Waals surface area contributed by atoms with Gasteiger partial charge in [-0.2, -0.15) is 0 Å². The van der Waals surface area contributed by atoms with Gasteiger partial charge in [0.05, 0.1) is 19.4 Å². The highest BCUT2D eigenvalue weighted by Crippen LogP contribution is 2.34. The van der Waals surface area contributed by atoms with Crippen molar-refractivity contribution < 1.29 is 28.6 Å². The quantitative estimate of drug-likeness (QED) is 0.559. The topological polar surface area (TPSA) is 110 Å². The van der Waals surface area contributed by atoms with Gasteiger partial charge in [-0.1, -0.05) is 0 Å². The number of ether oxygens (including phenoxy) is 3. The van der Waals surface area contributed by atoms with Crippen LogP contribution in [0.1, 0.15) is 40.4 Å². The van der Waals surface area contributed by atoms with Crippen LogP contribution < -0.4 is 15.2 Å². The van der Waals surface area contributed by atoms with Crippen molar-refractivity contribution in [3.05, 3.63) is 41.2 Å². The van der Waals surface area contributed by atoms with Crippen molar-refractivity contribution in [1.82, 2.24) is 4.57 Å². The molecule has 27 heavy (non-hydrogen) atoms. The number of carbonyl (C=O) groups excluding carboxylic acids is 3. The molecule has 0 aliphatic carbocycles. The third-order valence-electron chi connectivity index (χ3n) is 3.85. The zero-order chi connectivity index (χ0) is 20.1. The first-order valence-corrected chi connectivity index (χ1v) is 8.30. The number of nitrogens with two attached hydrogens (primary N) is 1. The van der Waals surface area contributed by atoms with E-state index in [4.69, 9.17) is 19.9 Å². The van der Waals surface area contributed by atoms with Gasteiger partial charge in [0, 0.05) is 18.2 Å². The van der Waals surface area contributed by atoms with Crippen LogP contribution in [-0.4, -0.2) is 42.6 Å². The Morgan fingerprint density at radius 2 is 1.74 bits per heavy atom. The van der Waals surface area contributed by atoms with Crippen molar-refractivity contribution in [2.45, 2.75) is 20.8 Å². The third kappa shape index (κ3) is 4.11. The molecule has 1 aromatic heterocycles. The van der Waals surface area contributed by atoms with Crippen LogP contribution in [0.15, 0.2) is 24.3 Å². The number of carbonyl (C=O) groups is 3. The van der Waals surface area contributed by atoms with Gasteiger partial charge in [0.25, 0.3) is 5.91 Å². The van der Waals surface area contributed by atoms with Crippen molar-refractivity contribution in [2.75, 3.05) is 20.3 Å². The van der Waals surface area contributed by atoms with Gasteiger partial charge in [-0.3, -0.25) is 14.2 Å². The number of esters is 1. The van der Waals surface area contributed by atoms with Crippen LogP contribution in [0.2, 0.25) is 0 Å². The molecule has 0 aliphatic rings. The van der Waals surface area contributed by atoms with E-state index in [0.29, 0.717) is 17.0 Å². The van der Waals surface area contributed by atoms with Crippen LogP contribution in [0.5, 0.6) is 11.5 Å². The third-order valence-corrected chi connectivity index (χ3v) is 3.85. The fraction of sp³-hybridized carbons (Fsp3) is 0.316. The molecule has 0 atom stereocenters. The summed E-state index contributed by atoms with van der Waals surface area (Å²) in [6, 6.07) is 6.80. The summed E-state index contributed by atoms with van der Waals surface area (Å²) in [7, 11) is 1.54. The summed E-state index contributed by atoms with van der Waals surface area (Å²) in [5.41, 5.74) is 6.39. The Hall–Kier alpha value is -3.29.